The van der Waals surface area contributed by atoms with E-state index in [0.717, 1.165) is 6.41 Å². The minimum Gasteiger partial charge on any atom is -0.222 e. The van der Waals surface area contributed by atoms with Crippen LogP contribution in [0, 0.1) is 0 Å². The molecule has 1 rings (SSSR count). The van der Waals surface area contributed by atoms with Crippen LogP contribution in [0.5, 0.6) is 0 Å². The van der Waals surface area contributed by atoms with Crippen molar-refractivity contribution in [3.8, 4) is 0 Å². The molecule has 0 N–H and O–H groups in total. The molecule has 0 fully saturated rings. The minimum atomic E-state index is 0.750. The van der Waals surface area contributed by atoms with Gasteiger partial charge in [0.25, 0.3) is 0 Å². The molecule has 0 spiro atoms. The van der Waals surface area contributed by atoms with Gasteiger partial charge in [0.05, 0.1) is 0 Å². The van der Waals surface area contributed by atoms with E-state index in [9.17, 15) is 4.79 Å². The van der Waals surface area contributed by atoms with Crippen LogP contribution in [0.3, 0.4) is 0 Å². The van der Waals surface area contributed by atoms with Crippen LogP contribution in [0.4, 0.5) is 0 Å². The number of hydrogen-bond donors (Lipinski definition) is 0. The summed E-state index contributed by atoms with van der Waals surface area (Å²) in [5.74, 6) is 0. The van der Waals surface area contributed by atoms with E-state index in [-0.39, 0.29) is 0 Å². The summed E-state index contributed by atoms with van der Waals surface area (Å²) < 4.78 is 1.44. The third-order valence-electron chi connectivity index (χ3n) is 0.860. The summed E-state index contributed by atoms with van der Waals surface area (Å²) in [6.45, 7) is 0. The van der Waals surface area contributed by atoms with Gasteiger partial charge in [-0.1, -0.05) is 6.07 Å². The summed E-state index contributed by atoms with van der Waals surface area (Å²) >= 11 is 0. The van der Waals surface area contributed by atoms with Gasteiger partial charge < -0.3 is 0 Å². The van der Waals surface area contributed by atoms with Gasteiger partial charge in [-0.05, 0) is 0 Å². The normalized spacial score (nSPS) is 8.50. The second-order valence-corrected chi connectivity index (χ2v) is 1.43. The van der Waals surface area contributed by atoms with Crippen molar-refractivity contribution >= 4 is 6.41 Å². The van der Waals surface area contributed by atoms with Gasteiger partial charge in [0.1, 0.15) is 0 Å². The molecule has 1 heterocycles. The second kappa shape index (κ2) is 2.21. The first kappa shape index (κ1) is 4.97. The van der Waals surface area contributed by atoms with Crippen molar-refractivity contribution < 1.29 is 9.36 Å². The molecule has 40 valence electrons. The van der Waals surface area contributed by atoms with Crippen molar-refractivity contribution in [3.63, 3.8) is 0 Å². The second-order valence-electron chi connectivity index (χ2n) is 1.43. The van der Waals surface area contributed by atoms with Gasteiger partial charge in [-0.2, -0.15) is 0 Å². The predicted molar refractivity (Wildman–Crippen MR) is 28.8 cm³/mol. The first-order valence-electron chi connectivity index (χ1n) is 2.34. The van der Waals surface area contributed by atoms with Gasteiger partial charge in [0.2, 0.25) is 0 Å². The highest BCUT2D eigenvalue weighted by atomic mass is 16.1. The maximum absolute atomic E-state index is 9.97. The molecular weight excluding hydrogens is 102 g/mol. The number of pyridine rings is 1. The molecule has 0 saturated carbocycles. The Hall–Kier alpha value is -1.18. The molecular formula is C6H6NO+. The van der Waals surface area contributed by atoms with Crippen LogP contribution in [0.25, 0.3) is 0 Å². The Kier molecular flexibility index (Phi) is 1.37. The topological polar surface area (TPSA) is 20.9 Å². The van der Waals surface area contributed by atoms with Crippen molar-refractivity contribution in [2.45, 2.75) is 0 Å². The molecule has 1 aromatic rings. The fraction of sp³-hybridized carbons (Fsp3) is 0. The van der Waals surface area contributed by atoms with Crippen LogP contribution < -0.4 is 4.57 Å². The van der Waals surface area contributed by atoms with Crippen molar-refractivity contribution in [3.05, 3.63) is 30.6 Å². The van der Waals surface area contributed by atoms with Crippen molar-refractivity contribution in [2.75, 3.05) is 0 Å². The van der Waals surface area contributed by atoms with E-state index >= 15 is 0 Å². The highest BCUT2D eigenvalue weighted by molar-refractivity contribution is 5.34. The number of hydrogen-bond acceptors (Lipinski definition) is 1. The Labute approximate surface area is 47.4 Å². The van der Waals surface area contributed by atoms with Gasteiger partial charge >= 0.3 is 6.41 Å². The molecule has 0 bridgehead atoms. The summed E-state index contributed by atoms with van der Waals surface area (Å²) in [5.41, 5.74) is 0. The summed E-state index contributed by atoms with van der Waals surface area (Å²) in [6, 6.07) is 5.46. The van der Waals surface area contributed by atoms with Gasteiger partial charge in [0.15, 0.2) is 12.4 Å². The first-order chi connectivity index (χ1) is 3.93. The third kappa shape index (κ3) is 0.904. The van der Waals surface area contributed by atoms with E-state index in [0.29, 0.717) is 0 Å². The largest absolute Gasteiger partial charge is 0.380 e. The van der Waals surface area contributed by atoms with Crippen LogP contribution in [0.2, 0.25) is 0 Å². The van der Waals surface area contributed by atoms with E-state index < -0.39 is 0 Å². The lowest BCUT2D eigenvalue weighted by atomic mass is 10.5. The zero-order valence-electron chi connectivity index (χ0n) is 4.32. The van der Waals surface area contributed by atoms with E-state index in [1.807, 2.05) is 6.07 Å². The Morgan fingerprint density at radius 2 is 1.75 bits per heavy atom. The van der Waals surface area contributed by atoms with E-state index in [2.05, 4.69) is 0 Å². The van der Waals surface area contributed by atoms with Gasteiger partial charge in [0, 0.05) is 12.1 Å². The zero-order chi connectivity index (χ0) is 5.82. The van der Waals surface area contributed by atoms with E-state index in [1.54, 1.807) is 24.5 Å². The first-order valence-corrected chi connectivity index (χ1v) is 2.34. The number of carbonyl (C=O) groups is 1. The Morgan fingerprint density at radius 3 is 2.12 bits per heavy atom. The maximum atomic E-state index is 9.97. The Balaban J connectivity index is 2.99. The lowest BCUT2D eigenvalue weighted by Gasteiger charge is -1.76. The standard InChI is InChI=1S/C6H6NO/c8-6-7-4-2-1-3-5-7/h1-6H/q+1. The number of aromatic nitrogens is 1. The van der Waals surface area contributed by atoms with Crippen LogP contribution in [-0.4, -0.2) is 6.41 Å². The third-order valence-corrected chi connectivity index (χ3v) is 0.860. The van der Waals surface area contributed by atoms with Crippen LogP contribution in [-0.2, 0) is 4.79 Å². The molecule has 0 aliphatic rings. The van der Waals surface area contributed by atoms with Crippen LogP contribution >= 0.6 is 0 Å². The molecule has 0 aliphatic heterocycles. The molecule has 1 aromatic heterocycles. The summed E-state index contributed by atoms with van der Waals surface area (Å²) in [7, 11) is 0. The minimum absolute atomic E-state index is 0.750. The highest BCUT2D eigenvalue weighted by Crippen LogP contribution is 1.71. The molecule has 2 heteroatoms. The number of rotatable bonds is 1. The molecule has 0 unspecified atom stereocenters. The molecule has 0 aromatic carbocycles. The molecule has 0 aliphatic carbocycles. The SMILES string of the molecule is O=C[n+]1ccccc1. The fourth-order valence-electron chi connectivity index (χ4n) is 0.482. The Morgan fingerprint density at radius 1 is 1.12 bits per heavy atom. The van der Waals surface area contributed by atoms with Crippen molar-refractivity contribution in [1.29, 1.82) is 0 Å². The van der Waals surface area contributed by atoms with Gasteiger partial charge in [-0.25, -0.2) is 4.79 Å². The molecule has 0 amide bonds. The lowest BCUT2D eigenvalue weighted by molar-refractivity contribution is -0.552. The maximum Gasteiger partial charge on any atom is 0.380 e. The predicted octanol–water partition coefficient (Wildman–Crippen LogP) is 0.0124. The monoisotopic (exact) mass is 108 g/mol. The smallest absolute Gasteiger partial charge is 0.222 e. The molecule has 2 nitrogen and oxygen atoms in total. The van der Waals surface area contributed by atoms with Crippen LogP contribution in [0.15, 0.2) is 30.6 Å². The molecule has 0 radical (unpaired) electrons. The van der Waals surface area contributed by atoms with Crippen molar-refractivity contribution in [2.24, 2.45) is 0 Å². The van der Waals surface area contributed by atoms with Crippen LogP contribution in [0.1, 0.15) is 0 Å². The average molecular weight is 108 g/mol. The van der Waals surface area contributed by atoms with E-state index in [1.165, 1.54) is 4.57 Å². The number of nitrogens with zero attached hydrogens (tertiary/aromatic N) is 1. The average Bonchev–Trinajstić information content (AvgIpc) is 1.90. The number of carbonyl (C=O) groups excluding carboxylic acids is 1. The molecule has 8 heavy (non-hydrogen) atoms. The highest BCUT2D eigenvalue weighted by Gasteiger charge is 1.87. The van der Waals surface area contributed by atoms with Gasteiger partial charge in [-0.15, -0.1) is 4.57 Å². The van der Waals surface area contributed by atoms with Gasteiger partial charge in [-0.3, -0.25) is 0 Å². The van der Waals surface area contributed by atoms with Crippen molar-refractivity contribution in [1.82, 2.24) is 0 Å². The zero-order valence-corrected chi connectivity index (χ0v) is 4.32. The molecule has 0 atom stereocenters. The summed E-state index contributed by atoms with van der Waals surface area (Å²) in [6.07, 6.45) is 4.12. The summed E-state index contributed by atoms with van der Waals surface area (Å²) in [4.78, 5) is 9.97. The quantitative estimate of drug-likeness (QED) is 0.367. The van der Waals surface area contributed by atoms with E-state index in [4.69, 9.17) is 0 Å². The fourth-order valence-corrected chi connectivity index (χ4v) is 0.482. The lowest BCUT2D eigenvalue weighted by Crippen LogP contribution is -2.30. The Bertz CT molecular complexity index is 171. The summed E-state index contributed by atoms with van der Waals surface area (Å²) in [5, 5.41) is 0. The molecule has 0 saturated heterocycles.